The summed E-state index contributed by atoms with van der Waals surface area (Å²) in [7, 11) is 0. The SMILES string of the molecule is CCC1(C)CCN(C2CC3(CCC2O)OCCO3)CC1. The maximum Gasteiger partial charge on any atom is 0.170 e. The molecule has 2 unspecified atom stereocenters. The fourth-order valence-corrected chi connectivity index (χ4v) is 4.00. The summed E-state index contributed by atoms with van der Waals surface area (Å²) in [6.45, 7) is 8.30. The van der Waals surface area contributed by atoms with Crippen molar-refractivity contribution in [2.24, 2.45) is 5.41 Å². The molecule has 3 aliphatic rings. The number of likely N-dealkylation sites (tertiary alicyclic amines) is 1. The molecule has 0 amide bonds. The first-order chi connectivity index (χ1) is 9.56. The van der Waals surface area contributed by atoms with Gasteiger partial charge in [-0.05, 0) is 37.8 Å². The van der Waals surface area contributed by atoms with E-state index in [4.69, 9.17) is 9.47 Å². The second-order valence-electron chi connectivity index (χ2n) is 7.19. The molecular formula is C16H29NO3. The van der Waals surface area contributed by atoms with Gasteiger partial charge in [0.05, 0.1) is 19.3 Å². The van der Waals surface area contributed by atoms with Crippen LogP contribution in [0, 0.1) is 5.41 Å². The summed E-state index contributed by atoms with van der Waals surface area (Å²) >= 11 is 0. The van der Waals surface area contributed by atoms with Crippen molar-refractivity contribution in [2.45, 2.75) is 70.3 Å². The topological polar surface area (TPSA) is 41.9 Å². The molecule has 0 bridgehead atoms. The number of piperidine rings is 1. The molecule has 116 valence electrons. The van der Waals surface area contributed by atoms with E-state index in [2.05, 4.69) is 18.7 Å². The molecular weight excluding hydrogens is 254 g/mol. The van der Waals surface area contributed by atoms with Crippen molar-refractivity contribution >= 4 is 0 Å². The van der Waals surface area contributed by atoms with Crippen LogP contribution < -0.4 is 0 Å². The average molecular weight is 283 g/mol. The highest BCUT2D eigenvalue weighted by molar-refractivity contribution is 4.95. The second-order valence-corrected chi connectivity index (χ2v) is 7.19. The molecule has 2 atom stereocenters. The number of aliphatic hydroxyl groups excluding tert-OH is 1. The Balaban J connectivity index is 1.63. The molecule has 3 rings (SSSR count). The Bertz CT molecular complexity index is 333. The molecule has 2 aliphatic heterocycles. The Hall–Kier alpha value is -0.160. The van der Waals surface area contributed by atoms with Gasteiger partial charge in [-0.1, -0.05) is 20.3 Å². The van der Waals surface area contributed by atoms with Gasteiger partial charge in [0.2, 0.25) is 0 Å². The molecule has 0 aromatic rings. The van der Waals surface area contributed by atoms with Crippen molar-refractivity contribution in [3.8, 4) is 0 Å². The normalized spacial score (nSPS) is 37.4. The lowest BCUT2D eigenvalue weighted by Gasteiger charge is -2.48. The van der Waals surface area contributed by atoms with Crippen molar-refractivity contribution in [1.82, 2.24) is 4.90 Å². The van der Waals surface area contributed by atoms with Crippen LogP contribution in [0.4, 0.5) is 0 Å². The van der Waals surface area contributed by atoms with Crippen LogP contribution in [0.25, 0.3) is 0 Å². The van der Waals surface area contributed by atoms with E-state index < -0.39 is 5.79 Å². The minimum absolute atomic E-state index is 0.211. The van der Waals surface area contributed by atoms with E-state index >= 15 is 0 Å². The summed E-state index contributed by atoms with van der Waals surface area (Å²) in [5, 5.41) is 10.4. The molecule has 0 aromatic carbocycles. The smallest absolute Gasteiger partial charge is 0.170 e. The van der Waals surface area contributed by atoms with Crippen LogP contribution in [-0.2, 0) is 9.47 Å². The molecule has 0 aromatic heterocycles. The van der Waals surface area contributed by atoms with Crippen molar-refractivity contribution in [3.63, 3.8) is 0 Å². The molecule has 20 heavy (non-hydrogen) atoms. The summed E-state index contributed by atoms with van der Waals surface area (Å²) in [5.41, 5.74) is 0.494. The monoisotopic (exact) mass is 283 g/mol. The first-order valence-electron chi connectivity index (χ1n) is 8.26. The highest BCUT2D eigenvalue weighted by atomic mass is 16.7. The van der Waals surface area contributed by atoms with Gasteiger partial charge >= 0.3 is 0 Å². The van der Waals surface area contributed by atoms with Gasteiger partial charge in [0.1, 0.15) is 0 Å². The van der Waals surface area contributed by atoms with E-state index in [1.807, 2.05) is 0 Å². The minimum Gasteiger partial charge on any atom is -0.391 e. The number of rotatable bonds is 2. The molecule has 3 fully saturated rings. The van der Waals surface area contributed by atoms with Crippen LogP contribution in [0.2, 0.25) is 0 Å². The third kappa shape index (κ3) is 2.76. The molecule has 2 heterocycles. The third-order valence-electron chi connectivity index (χ3n) is 5.93. The zero-order valence-electron chi connectivity index (χ0n) is 12.9. The van der Waals surface area contributed by atoms with Crippen LogP contribution >= 0.6 is 0 Å². The zero-order chi connectivity index (χ0) is 14.2. The summed E-state index contributed by atoms with van der Waals surface area (Å²) < 4.78 is 11.7. The van der Waals surface area contributed by atoms with Crippen LogP contribution in [0.15, 0.2) is 0 Å². The van der Waals surface area contributed by atoms with Crippen LogP contribution in [-0.4, -0.2) is 54.2 Å². The van der Waals surface area contributed by atoms with Gasteiger partial charge in [0.25, 0.3) is 0 Å². The van der Waals surface area contributed by atoms with E-state index in [0.717, 1.165) is 32.4 Å². The summed E-state index contributed by atoms with van der Waals surface area (Å²) in [6.07, 6.45) is 5.97. The van der Waals surface area contributed by atoms with Crippen molar-refractivity contribution < 1.29 is 14.6 Å². The lowest BCUT2D eigenvalue weighted by molar-refractivity contribution is -0.207. The van der Waals surface area contributed by atoms with Gasteiger partial charge < -0.3 is 14.6 Å². The zero-order valence-corrected chi connectivity index (χ0v) is 12.9. The fourth-order valence-electron chi connectivity index (χ4n) is 4.00. The molecule has 1 aliphatic carbocycles. The Morgan fingerprint density at radius 3 is 2.40 bits per heavy atom. The third-order valence-corrected chi connectivity index (χ3v) is 5.93. The largest absolute Gasteiger partial charge is 0.391 e. The van der Waals surface area contributed by atoms with E-state index in [1.165, 1.54) is 19.3 Å². The van der Waals surface area contributed by atoms with Crippen molar-refractivity contribution in [1.29, 1.82) is 0 Å². The minimum atomic E-state index is -0.393. The highest BCUT2D eigenvalue weighted by Gasteiger charge is 2.47. The molecule has 1 spiro atoms. The van der Waals surface area contributed by atoms with Gasteiger partial charge in [0, 0.05) is 18.9 Å². The number of nitrogens with zero attached hydrogens (tertiary/aromatic N) is 1. The van der Waals surface area contributed by atoms with E-state index in [1.54, 1.807) is 0 Å². The standard InChI is InChI=1S/C16H29NO3/c1-3-15(2)6-8-17(9-7-15)13-12-16(5-4-14(13)18)19-10-11-20-16/h13-14,18H,3-12H2,1-2H3. The second kappa shape index (κ2) is 5.56. The van der Waals surface area contributed by atoms with E-state index in [-0.39, 0.29) is 12.1 Å². The Labute approximate surface area is 122 Å². The number of aliphatic hydroxyl groups is 1. The maximum absolute atomic E-state index is 10.4. The molecule has 0 radical (unpaired) electrons. The van der Waals surface area contributed by atoms with Crippen molar-refractivity contribution in [3.05, 3.63) is 0 Å². The van der Waals surface area contributed by atoms with Crippen LogP contribution in [0.3, 0.4) is 0 Å². The van der Waals surface area contributed by atoms with Gasteiger partial charge in [0.15, 0.2) is 5.79 Å². The summed E-state index contributed by atoms with van der Waals surface area (Å²) in [4.78, 5) is 2.48. The van der Waals surface area contributed by atoms with Crippen molar-refractivity contribution in [2.75, 3.05) is 26.3 Å². The lowest BCUT2D eigenvalue weighted by Crippen LogP contribution is -2.55. The molecule has 2 saturated heterocycles. The first kappa shape index (κ1) is 14.8. The molecule has 4 nitrogen and oxygen atoms in total. The summed E-state index contributed by atoms with van der Waals surface area (Å²) in [6, 6.07) is 0.211. The Morgan fingerprint density at radius 1 is 1.15 bits per heavy atom. The predicted molar refractivity (Wildman–Crippen MR) is 77.5 cm³/mol. The lowest BCUT2D eigenvalue weighted by atomic mass is 9.76. The highest BCUT2D eigenvalue weighted by Crippen LogP contribution is 2.41. The quantitative estimate of drug-likeness (QED) is 0.843. The Kier molecular flexibility index (Phi) is 4.10. The predicted octanol–water partition coefficient (Wildman–Crippen LogP) is 2.16. The molecule has 1 saturated carbocycles. The van der Waals surface area contributed by atoms with Crippen LogP contribution in [0.5, 0.6) is 0 Å². The first-order valence-corrected chi connectivity index (χ1v) is 8.26. The number of ether oxygens (including phenoxy) is 2. The maximum atomic E-state index is 10.4. The van der Waals surface area contributed by atoms with Crippen LogP contribution in [0.1, 0.15) is 52.4 Å². The molecule has 1 N–H and O–H groups in total. The van der Waals surface area contributed by atoms with E-state index in [0.29, 0.717) is 18.6 Å². The number of hydrogen-bond donors (Lipinski definition) is 1. The van der Waals surface area contributed by atoms with E-state index in [9.17, 15) is 5.11 Å². The fraction of sp³-hybridized carbons (Fsp3) is 1.00. The van der Waals surface area contributed by atoms with Gasteiger partial charge in [-0.25, -0.2) is 0 Å². The van der Waals surface area contributed by atoms with Gasteiger partial charge in [-0.15, -0.1) is 0 Å². The van der Waals surface area contributed by atoms with Gasteiger partial charge in [-0.3, -0.25) is 4.90 Å². The Morgan fingerprint density at radius 2 is 1.80 bits per heavy atom. The molecule has 4 heteroatoms. The number of hydrogen-bond acceptors (Lipinski definition) is 4. The average Bonchev–Trinajstić information content (AvgIpc) is 2.91. The summed E-state index contributed by atoms with van der Waals surface area (Å²) in [5.74, 6) is -0.393. The van der Waals surface area contributed by atoms with Gasteiger partial charge in [-0.2, -0.15) is 0 Å².